The molecule has 4 aliphatic rings. The zero-order valence-corrected chi connectivity index (χ0v) is 14.6. The molecule has 1 atom stereocenters. The molecule has 3 heteroatoms. The number of benzene rings is 2. The summed E-state index contributed by atoms with van der Waals surface area (Å²) < 4.78 is 6.16. The van der Waals surface area contributed by atoms with Crippen molar-refractivity contribution in [2.75, 3.05) is 19.6 Å². The summed E-state index contributed by atoms with van der Waals surface area (Å²) in [6.45, 7) is 3.28. The lowest BCUT2D eigenvalue weighted by Gasteiger charge is -2.47. The van der Waals surface area contributed by atoms with E-state index in [4.69, 9.17) is 4.74 Å². The second kappa shape index (κ2) is 5.84. The molecule has 1 unspecified atom stereocenters. The number of carbonyl (C=O) groups is 1. The second-order valence-corrected chi connectivity index (χ2v) is 8.04. The largest absolute Gasteiger partial charge is 0.460 e. The van der Waals surface area contributed by atoms with Gasteiger partial charge in [-0.2, -0.15) is 0 Å². The first kappa shape index (κ1) is 15.4. The van der Waals surface area contributed by atoms with E-state index in [2.05, 4.69) is 47.4 Å². The van der Waals surface area contributed by atoms with Crippen molar-refractivity contribution in [2.24, 2.45) is 5.92 Å². The highest BCUT2D eigenvalue weighted by atomic mass is 16.5. The van der Waals surface area contributed by atoms with E-state index in [0.29, 0.717) is 5.92 Å². The van der Waals surface area contributed by atoms with Crippen LogP contribution in [0.3, 0.4) is 0 Å². The minimum atomic E-state index is -0.424. The van der Waals surface area contributed by atoms with E-state index in [1.807, 2.05) is 0 Å². The molecule has 130 valence electrons. The van der Waals surface area contributed by atoms with Crippen molar-refractivity contribution in [1.29, 1.82) is 0 Å². The lowest BCUT2D eigenvalue weighted by Crippen LogP contribution is -2.54. The molecule has 1 saturated carbocycles. The van der Waals surface area contributed by atoms with Crippen molar-refractivity contribution in [1.82, 2.24) is 4.90 Å². The number of hydrogen-bond acceptors (Lipinski definition) is 3. The molecule has 3 heterocycles. The van der Waals surface area contributed by atoms with Gasteiger partial charge < -0.3 is 4.74 Å². The minimum Gasteiger partial charge on any atom is -0.460 e. The zero-order valence-electron chi connectivity index (χ0n) is 14.6. The predicted octanol–water partition coefficient (Wildman–Crippen LogP) is 3.90. The van der Waals surface area contributed by atoms with Gasteiger partial charge in [-0.15, -0.1) is 0 Å². The molecule has 1 aliphatic carbocycles. The van der Waals surface area contributed by atoms with Crippen molar-refractivity contribution in [3.63, 3.8) is 0 Å². The van der Waals surface area contributed by atoms with Crippen LogP contribution in [-0.4, -0.2) is 36.6 Å². The molecular weight excluding hydrogens is 310 g/mol. The van der Waals surface area contributed by atoms with Gasteiger partial charge in [0.2, 0.25) is 0 Å². The summed E-state index contributed by atoms with van der Waals surface area (Å²) in [4.78, 5) is 15.7. The lowest BCUT2D eigenvalue weighted by atomic mass is 9.63. The third-order valence-corrected chi connectivity index (χ3v) is 6.76. The van der Waals surface area contributed by atoms with Crippen molar-refractivity contribution in [3.05, 3.63) is 48.0 Å². The third kappa shape index (κ3) is 2.40. The Morgan fingerprint density at radius 2 is 1.80 bits per heavy atom. The number of carbonyl (C=O) groups excluding carboxylic acids is 1. The summed E-state index contributed by atoms with van der Waals surface area (Å²) in [7, 11) is 0. The molecule has 6 rings (SSSR count). The first-order valence-electron chi connectivity index (χ1n) is 9.68. The number of hydrogen-bond donors (Lipinski definition) is 0. The Morgan fingerprint density at radius 1 is 1.04 bits per heavy atom. The highest BCUT2D eigenvalue weighted by molar-refractivity contribution is 5.94. The maximum atomic E-state index is 13.3. The van der Waals surface area contributed by atoms with E-state index in [-0.39, 0.29) is 12.1 Å². The quantitative estimate of drug-likeness (QED) is 0.797. The summed E-state index contributed by atoms with van der Waals surface area (Å²) >= 11 is 0. The van der Waals surface area contributed by atoms with Crippen LogP contribution in [0.25, 0.3) is 10.8 Å². The SMILES string of the molecule is O=C(OC1CN2CCC1CC2)C1(c2cccc3ccccc23)CCC1. The average molecular weight is 335 g/mol. The van der Waals surface area contributed by atoms with E-state index in [0.717, 1.165) is 25.8 Å². The van der Waals surface area contributed by atoms with Crippen LogP contribution in [0.5, 0.6) is 0 Å². The highest BCUT2D eigenvalue weighted by Gasteiger charge is 2.49. The second-order valence-electron chi connectivity index (χ2n) is 8.04. The van der Waals surface area contributed by atoms with Crippen LogP contribution in [0.4, 0.5) is 0 Å². The first-order valence-corrected chi connectivity index (χ1v) is 9.68. The van der Waals surface area contributed by atoms with Crippen LogP contribution in [0.2, 0.25) is 0 Å². The molecule has 2 bridgehead atoms. The molecule has 25 heavy (non-hydrogen) atoms. The fourth-order valence-electron chi connectivity index (χ4n) is 5.05. The fourth-order valence-corrected chi connectivity index (χ4v) is 5.05. The minimum absolute atomic E-state index is 0.0221. The van der Waals surface area contributed by atoms with Crippen LogP contribution >= 0.6 is 0 Å². The zero-order chi connectivity index (χ0) is 16.9. The summed E-state index contributed by atoms with van der Waals surface area (Å²) in [5.74, 6) is 0.590. The smallest absolute Gasteiger partial charge is 0.316 e. The summed E-state index contributed by atoms with van der Waals surface area (Å²) in [6.07, 6.45) is 5.40. The number of ether oxygens (including phenoxy) is 1. The molecule has 3 nitrogen and oxygen atoms in total. The van der Waals surface area contributed by atoms with Gasteiger partial charge in [0.15, 0.2) is 0 Å². The maximum Gasteiger partial charge on any atom is 0.316 e. The monoisotopic (exact) mass is 335 g/mol. The first-order chi connectivity index (χ1) is 12.3. The van der Waals surface area contributed by atoms with E-state index in [1.54, 1.807) is 0 Å². The molecule has 3 saturated heterocycles. The lowest BCUT2D eigenvalue weighted by molar-refractivity contribution is -0.169. The molecule has 3 aliphatic heterocycles. The van der Waals surface area contributed by atoms with Gasteiger partial charge in [-0.3, -0.25) is 9.69 Å². The van der Waals surface area contributed by atoms with Gasteiger partial charge in [0.1, 0.15) is 6.10 Å². The Labute approximate surface area is 149 Å². The summed E-state index contributed by atoms with van der Waals surface area (Å²) in [6, 6.07) is 14.8. The molecular formula is C22H25NO2. The van der Waals surface area contributed by atoms with Crippen molar-refractivity contribution in [3.8, 4) is 0 Å². The molecule has 2 aromatic rings. The van der Waals surface area contributed by atoms with E-state index < -0.39 is 5.41 Å². The van der Waals surface area contributed by atoms with E-state index in [9.17, 15) is 4.79 Å². The number of rotatable bonds is 3. The van der Waals surface area contributed by atoms with Crippen molar-refractivity contribution in [2.45, 2.75) is 43.6 Å². The van der Waals surface area contributed by atoms with Gasteiger partial charge in [0.05, 0.1) is 5.41 Å². The van der Waals surface area contributed by atoms with Gasteiger partial charge in [-0.1, -0.05) is 48.9 Å². The Morgan fingerprint density at radius 3 is 2.48 bits per heavy atom. The Balaban J connectivity index is 1.46. The van der Waals surface area contributed by atoms with Crippen molar-refractivity contribution >= 4 is 16.7 Å². The van der Waals surface area contributed by atoms with Crippen LogP contribution in [0.15, 0.2) is 42.5 Å². The van der Waals surface area contributed by atoms with Crippen LogP contribution in [-0.2, 0) is 14.9 Å². The maximum absolute atomic E-state index is 13.3. The van der Waals surface area contributed by atoms with E-state index in [1.165, 1.54) is 42.3 Å². The number of esters is 1. The molecule has 2 aromatic carbocycles. The van der Waals surface area contributed by atoms with Gasteiger partial charge in [-0.05, 0) is 61.0 Å². The van der Waals surface area contributed by atoms with Crippen molar-refractivity contribution < 1.29 is 9.53 Å². The van der Waals surface area contributed by atoms with Gasteiger partial charge >= 0.3 is 5.97 Å². The average Bonchev–Trinajstić information content (AvgIpc) is 2.62. The van der Waals surface area contributed by atoms with Gasteiger partial charge in [-0.25, -0.2) is 0 Å². The molecule has 0 aromatic heterocycles. The summed E-state index contributed by atoms with van der Waals surface area (Å²) in [5.41, 5.74) is 0.746. The topological polar surface area (TPSA) is 29.5 Å². The van der Waals surface area contributed by atoms with Crippen LogP contribution in [0, 0.1) is 5.92 Å². The van der Waals surface area contributed by atoms with Gasteiger partial charge in [0, 0.05) is 6.54 Å². The third-order valence-electron chi connectivity index (χ3n) is 6.76. The Bertz CT molecular complexity index is 797. The van der Waals surface area contributed by atoms with Gasteiger partial charge in [0.25, 0.3) is 0 Å². The molecule has 0 amide bonds. The Hall–Kier alpha value is -1.87. The standard InChI is InChI=1S/C22H25NO2/c24-21(25-20-15-23-13-9-17(20)10-14-23)22(11-4-12-22)19-8-3-6-16-5-1-2-7-18(16)19/h1-3,5-8,17,20H,4,9-15H2. The molecule has 0 radical (unpaired) electrons. The molecule has 0 N–H and O–H groups in total. The highest BCUT2D eigenvalue weighted by Crippen LogP contribution is 2.47. The summed E-state index contributed by atoms with van der Waals surface area (Å²) in [5, 5.41) is 2.41. The van der Waals surface area contributed by atoms with E-state index >= 15 is 0 Å². The Kier molecular flexibility index (Phi) is 3.60. The normalized spacial score (nSPS) is 30.0. The number of piperidine rings is 3. The fraction of sp³-hybridized carbons (Fsp3) is 0.500. The predicted molar refractivity (Wildman–Crippen MR) is 98.5 cm³/mol. The van der Waals surface area contributed by atoms with Crippen LogP contribution in [0.1, 0.15) is 37.7 Å². The molecule has 4 fully saturated rings. The number of nitrogens with zero attached hydrogens (tertiary/aromatic N) is 1. The van der Waals surface area contributed by atoms with Crippen LogP contribution < -0.4 is 0 Å². The molecule has 0 spiro atoms. The number of fused-ring (bicyclic) bond motifs is 4.